The average molecular weight is 654 g/mol. The van der Waals surface area contributed by atoms with E-state index in [1.807, 2.05) is 13.1 Å². The molecule has 3 N–H and O–H groups in total. The molecule has 47 heavy (non-hydrogen) atoms. The highest BCUT2D eigenvalue weighted by molar-refractivity contribution is 7.16. The molecule has 5 aliphatic rings. The fourth-order valence-electron chi connectivity index (χ4n) is 9.53. The molecule has 1 saturated carbocycles. The second-order valence-electron chi connectivity index (χ2n) is 15.0. The number of piperidine rings is 1. The normalized spacial score (nSPS) is 28.5. The number of rotatable bonds is 5. The molecule has 4 atom stereocenters. The molecule has 6 heterocycles. The Balaban J connectivity index is 1.19. The number of aromatic nitrogens is 5. The van der Waals surface area contributed by atoms with Gasteiger partial charge >= 0.3 is 0 Å². The van der Waals surface area contributed by atoms with E-state index < -0.39 is 11.0 Å². The van der Waals surface area contributed by atoms with Gasteiger partial charge in [-0.15, -0.1) is 11.3 Å². The van der Waals surface area contributed by atoms with Crippen LogP contribution in [0.1, 0.15) is 111 Å². The van der Waals surface area contributed by atoms with Gasteiger partial charge in [0.05, 0.1) is 34.2 Å². The maximum atomic E-state index is 11.1. The van der Waals surface area contributed by atoms with E-state index in [-0.39, 0.29) is 6.04 Å². The van der Waals surface area contributed by atoms with Gasteiger partial charge in [-0.3, -0.25) is 4.90 Å². The zero-order chi connectivity index (χ0) is 32.1. The lowest BCUT2D eigenvalue weighted by atomic mass is 9.63. The van der Waals surface area contributed by atoms with Gasteiger partial charge in [0.25, 0.3) is 0 Å². The molecule has 2 aliphatic heterocycles. The summed E-state index contributed by atoms with van der Waals surface area (Å²) in [4.78, 5) is 16.6. The van der Waals surface area contributed by atoms with Crippen LogP contribution in [-0.2, 0) is 18.3 Å². The molecular weight excluding hydrogens is 611 g/mol. The van der Waals surface area contributed by atoms with Crippen LogP contribution in [0.4, 0.5) is 10.8 Å². The molecule has 2 saturated heterocycles. The SMILES string of the molecule is CC(C1CCCN1C1CC1)n1ncc2c(N3CCCC(C)(O)C3)nc(-c3noc4c3CCCC43CCCc4sc(N)c(C#N)c43)nc21. The third kappa shape index (κ3) is 4.56. The van der Waals surface area contributed by atoms with Crippen molar-refractivity contribution in [2.75, 3.05) is 30.3 Å². The summed E-state index contributed by atoms with van der Waals surface area (Å²) in [5.41, 5.74) is 9.40. The molecule has 9 rings (SSSR count). The Morgan fingerprint density at radius 2 is 1.94 bits per heavy atom. The summed E-state index contributed by atoms with van der Waals surface area (Å²) in [6, 6.07) is 3.71. The van der Waals surface area contributed by atoms with Gasteiger partial charge in [0.2, 0.25) is 0 Å². The molecule has 0 bridgehead atoms. The number of nitrogens with two attached hydrogens (primary N) is 1. The van der Waals surface area contributed by atoms with Crippen molar-refractivity contribution in [1.29, 1.82) is 5.26 Å². The van der Waals surface area contributed by atoms with Crippen LogP contribution >= 0.6 is 11.3 Å². The number of likely N-dealkylation sites (tertiary alicyclic amines) is 1. The summed E-state index contributed by atoms with van der Waals surface area (Å²) in [7, 11) is 0. The van der Waals surface area contributed by atoms with E-state index in [9.17, 15) is 10.4 Å². The highest BCUT2D eigenvalue weighted by atomic mass is 32.1. The molecule has 12 heteroatoms. The van der Waals surface area contributed by atoms with E-state index in [1.165, 1.54) is 24.1 Å². The lowest BCUT2D eigenvalue weighted by molar-refractivity contribution is 0.0448. The first-order chi connectivity index (χ1) is 22.8. The van der Waals surface area contributed by atoms with Gasteiger partial charge < -0.3 is 20.3 Å². The summed E-state index contributed by atoms with van der Waals surface area (Å²) < 4.78 is 8.48. The van der Waals surface area contributed by atoms with Crippen molar-refractivity contribution in [3.8, 4) is 17.6 Å². The molecule has 3 fully saturated rings. The first-order valence-electron chi connectivity index (χ1n) is 17.6. The van der Waals surface area contributed by atoms with Gasteiger partial charge in [-0.2, -0.15) is 10.4 Å². The van der Waals surface area contributed by atoms with Crippen LogP contribution in [0.3, 0.4) is 0 Å². The molecule has 3 aliphatic carbocycles. The first kappa shape index (κ1) is 29.6. The number of β-amino-alcohol motifs (C(OH)–C–C–N with tert-alkyl or cyclic N) is 1. The number of thiophene rings is 1. The standard InChI is InChI=1S/C35H43N9O2S/c1-20(25-8-5-16-43(25)21-10-11-21)44-33-24(18-38-44)32(42-15-6-12-34(2,45)19-42)39-31(40-33)28-22-7-3-13-35(29(22)46-41-28)14-4-9-26-27(35)23(17-36)30(37)47-26/h18,20-21,25,45H,3-16,19,37H2,1-2H3. The van der Waals surface area contributed by atoms with Crippen LogP contribution in [0.15, 0.2) is 10.7 Å². The predicted molar refractivity (Wildman–Crippen MR) is 180 cm³/mol. The number of fused-ring (bicyclic) bond motifs is 5. The third-order valence-corrected chi connectivity index (χ3v) is 12.9. The first-order valence-corrected chi connectivity index (χ1v) is 18.4. The number of nitrogens with zero attached hydrogens (tertiary/aromatic N) is 8. The fraction of sp³-hybridized carbons (Fsp3) is 0.629. The molecule has 246 valence electrons. The highest BCUT2D eigenvalue weighted by Crippen LogP contribution is 2.55. The molecule has 4 aromatic heterocycles. The van der Waals surface area contributed by atoms with Gasteiger partial charge in [0.1, 0.15) is 16.9 Å². The molecular formula is C35H43N9O2S. The van der Waals surface area contributed by atoms with Gasteiger partial charge in [-0.1, -0.05) is 5.16 Å². The monoisotopic (exact) mass is 653 g/mol. The Kier molecular flexibility index (Phi) is 6.76. The van der Waals surface area contributed by atoms with Crippen LogP contribution in [-0.4, -0.2) is 72.2 Å². The quantitative estimate of drug-likeness (QED) is 0.283. The Morgan fingerprint density at radius 3 is 2.72 bits per heavy atom. The average Bonchev–Trinajstić information content (AvgIpc) is 3.40. The van der Waals surface area contributed by atoms with E-state index in [1.54, 1.807) is 11.3 Å². The van der Waals surface area contributed by atoms with Crippen molar-refractivity contribution >= 4 is 33.2 Å². The predicted octanol–water partition coefficient (Wildman–Crippen LogP) is 5.49. The van der Waals surface area contributed by atoms with Crippen LogP contribution in [0.2, 0.25) is 0 Å². The number of nitrogen functional groups attached to an aromatic ring is 1. The Labute approximate surface area is 278 Å². The number of hydrogen-bond donors (Lipinski definition) is 2. The lowest BCUT2D eigenvalue weighted by Crippen LogP contribution is -2.46. The van der Waals surface area contributed by atoms with E-state index in [0.29, 0.717) is 40.7 Å². The smallest absolute Gasteiger partial charge is 0.186 e. The van der Waals surface area contributed by atoms with Crippen LogP contribution in [0.25, 0.3) is 22.6 Å². The molecule has 0 amide bonds. The van der Waals surface area contributed by atoms with E-state index in [4.69, 9.17) is 30.5 Å². The Bertz CT molecular complexity index is 1910. The molecule has 1 spiro atoms. The summed E-state index contributed by atoms with van der Waals surface area (Å²) in [6.45, 7) is 6.66. The van der Waals surface area contributed by atoms with Crippen molar-refractivity contribution in [3.05, 3.63) is 33.5 Å². The number of aliphatic hydroxyl groups is 1. The van der Waals surface area contributed by atoms with Gasteiger partial charge in [0, 0.05) is 35.6 Å². The molecule has 0 aromatic carbocycles. The zero-order valence-corrected chi connectivity index (χ0v) is 28.2. The van der Waals surface area contributed by atoms with Crippen molar-refractivity contribution in [3.63, 3.8) is 0 Å². The van der Waals surface area contributed by atoms with Crippen molar-refractivity contribution in [2.24, 2.45) is 0 Å². The second-order valence-corrected chi connectivity index (χ2v) is 16.2. The summed E-state index contributed by atoms with van der Waals surface area (Å²) in [5, 5.41) is 32.5. The number of aryl methyl sites for hydroxylation is 1. The maximum absolute atomic E-state index is 11.1. The van der Waals surface area contributed by atoms with Crippen molar-refractivity contribution < 1.29 is 9.63 Å². The van der Waals surface area contributed by atoms with E-state index in [2.05, 4.69) is 27.5 Å². The van der Waals surface area contributed by atoms with Gasteiger partial charge in [-0.25, -0.2) is 14.6 Å². The lowest BCUT2D eigenvalue weighted by Gasteiger charge is -2.39. The van der Waals surface area contributed by atoms with Crippen molar-refractivity contribution in [2.45, 2.75) is 120 Å². The van der Waals surface area contributed by atoms with Crippen LogP contribution < -0.4 is 10.6 Å². The maximum Gasteiger partial charge on any atom is 0.186 e. The minimum absolute atomic E-state index is 0.152. The number of anilines is 2. The highest BCUT2D eigenvalue weighted by Gasteiger charge is 2.49. The number of nitriles is 1. The molecule has 4 unspecified atom stereocenters. The minimum Gasteiger partial charge on any atom is -0.389 e. The summed E-state index contributed by atoms with van der Waals surface area (Å²) in [5.74, 6) is 2.20. The van der Waals surface area contributed by atoms with Crippen LogP contribution in [0.5, 0.6) is 0 Å². The number of hydrogen-bond acceptors (Lipinski definition) is 11. The molecule has 11 nitrogen and oxygen atoms in total. The van der Waals surface area contributed by atoms with Crippen LogP contribution in [0, 0.1) is 11.3 Å². The largest absolute Gasteiger partial charge is 0.389 e. The molecule has 0 radical (unpaired) electrons. The summed E-state index contributed by atoms with van der Waals surface area (Å²) in [6.07, 6.45) is 14.1. The topological polar surface area (TPSA) is 146 Å². The Morgan fingerprint density at radius 1 is 1.11 bits per heavy atom. The molecule has 4 aromatic rings. The van der Waals surface area contributed by atoms with E-state index >= 15 is 0 Å². The third-order valence-electron chi connectivity index (χ3n) is 11.8. The fourth-order valence-corrected chi connectivity index (χ4v) is 10.7. The minimum atomic E-state index is -0.799. The second kappa shape index (κ2) is 10.7. The van der Waals surface area contributed by atoms with Gasteiger partial charge in [0.15, 0.2) is 22.9 Å². The zero-order valence-electron chi connectivity index (χ0n) is 27.3. The summed E-state index contributed by atoms with van der Waals surface area (Å²) >= 11 is 1.56. The van der Waals surface area contributed by atoms with Crippen molar-refractivity contribution in [1.82, 2.24) is 29.8 Å². The van der Waals surface area contributed by atoms with E-state index in [0.717, 1.165) is 105 Å². The van der Waals surface area contributed by atoms with Gasteiger partial charge in [-0.05, 0) is 103 Å². The Hall–Kier alpha value is -3.53.